The van der Waals surface area contributed by atoms with Gasteiger partial charge >= 0.3 is 0 Å². The number of nitrogens with zero attached hydrogens (tertiary/aromatic N) is 1. The van der Waals surface area contributed by atoms with Crippen molar-refractivity contribution < 1.29 is 15.0 Å². The molecule has 0 aliphatic carbocycles. The Balaban J connectivity index is 3.00. The van der Waals surface area contributed by atoms with Crippen LogP contribution in [-0.2, 0) is 0 Å². The first-order valence-corrected chi connectivity index (χ1v) is 5.54. The number of aliphatic hydroxyl groups is 2. The topological polar surface area (TPSA) is 86.8 Å². The number of halogens is 1. The average Bonchev–Trinajstić information content (AvgIpc) is 2.28. The van der Waals surface area contributed by atoms with E-state index in [0.717, 1.165) is 0 Å². The number of aliphatic hydroxyl groups excluding tert-OH is 2. The van der Waals surface area contributed by atoms with E-state index in [1.807, 2.05) is 0 Å². The minimum atomic E-state index is -0.392. The lowest BCUT2D eigenvalue weighted by Gasteiger charge is -2.21. The molecule has 1 amide bonds. The normalized spacial score (nSPS) is 10.3. The highest BCUT2D eigenvalue weighted by atomic mass is 35.5. The molecule has 0 saturated carbocycles. The first-order chi connectivity index (χ1) is 8.11. The zero-order valence-electron chi connectivity index (χ0n) is 9.27. The fourth-order valence-corrected chi connectivity index (χ4v) is 1.74. The van der Waals surface area contributed by atoms with Crippen molar-refractivity contribution in [2.75, 3.05) is 32.0 Å². The third-order valence-electron chi connectivity index (χ3n) is 2.29. The van der Waals surface area contributed by atoms with Crippen LogP contribution in [-0.4, -0.2) is 47.3 Å². The van der Waals surface area contributed by atoms with E-state index in [1.54, 1.807) is 18.2 Å². The first kappa shape index (κ1) is 13.8. The van der Waals surface area contributed by atoms with Gasteiger partial charge in [-0.15, -0.1) is 0 Å². The number of carbonyl (C=O) groups excluding carboxylic acids is 1. The van der Waals surface area contributed by atoms with Crippen molar-refractivity contribution in [3.8, 4) is 0 Å². The zero-order chi connectivity index (χ0) is 12.8. The Hall–Kier alpha value is -1.30. The number of rotatable bonds is 5. The number of nitrogens with two attached hydrogens (primary N) is 1. The Morgan fingerprint density at radius 2 is 1.88 bits per heavy atom. The van der Waals surface area contributed by atoms with Crippen molar-refractivity contribution >= 4 is 23.2 Å². The van der Waals surface area contributed by atoms with Crippen LogP contribution < -0.4 is 5.73 Å². The molecule has 0 unspecified atom stereocenters. The smallest absolute Gasteiger partial charge is 0.257 e. The molecule has 0 radical (unpaired) electrons. The van der Waals surface area contributed by atoms with Gasteiger partial charge in [-0.2, -0.15) is 0 Å². The maximum Gasteiger partial charge on any atom is 0.257 e. The van der Waals surface area contributed by atoms with Crippen LogP contribution in [0.3, 0.4) is 0 Å². The van der Waals surface area contributed by atoms with Crippen LogP contribution in [0.2, 0.25) is 5.02 Å². The zero-order valence-corrected chi connectivity index (χ0v) is 10.0. The second kappa shape index (κ2) is 6.44. The molecule has 0 fully saturated rings. The summed E-state index contributed by atoms with van der Waals surface area (Å²) in [5.74, 6) is -0.392. The summed E-state index contributed by atoms with van der Waals surface area (Å²) in [7, 11) is 0. The summed E-state index contributed by atoms with van der Waals surface area (Å²) in [5, 5.41) is 18.0. The van der Waals surface area contributed by atoms with Crippen LogP contribution in [0.5, 0.6) is 0 Å². The summed E-state index contributed by atoms with van der Waals surface area (Å²) in [4.78, 5) is 13.4. The molecule has 0 aromatic heterocycles. The third-order valence-corrected chi connectivity index (χ3v) is 2.60. The van der Waals surface area contributed by atoms with Crippen LogP contribution >= 0.6 is 11.6 Å². The SMILES string of the molecule is Nc1cccc(Cl)c1C(=O)N(CCO)CCO. The lowest BCUT2D eigenvalue weighted by atomic mass is 10.1. The molecule has 6 heteroatoms. The van der Waals surface area contributed by atoms with Crippen LogP contribution in [0.25, 0.3) is 0 Å². The van der Waals surface area contributed by atoms with E-state index in [4.69, 9.17) is 27.5 Å². The highest BCUT2D eigenvalue weighted by molar-refractivity contribution is 6.34. The van der Waals surface area contributed by atoms with E-state index in [9.17, 15) is 4.79 Å². The predicted molar refractivity (Wildman–Crippen MR) is 65.9 cm³/mol. The van der Waals surface area contributed by atoms with Gasteiger partial charge < -0.3 is 20.8 Å². The molecule has 0 spiro atoms. The molecule has 0 saturated heterocycles. The van der Waals surface area contributed by atoms with E-state index in [0.29, 0.717) is 0 Å². The highest BCUT2D eigenvalue weighted by Crippen LogP contribution is 2.23. The van der Waals surface area contributed by atoms with Crippen LogP contribution in [0.4, 0.5) is 5.69 Å². The van der Waals surface area contributed by atoms with Gasteiger partial charge in [-0.3, -0.25) is 4.79 Å². The molecule has 0 aliphatic heterocycles. The van der Waals surface area contributed by atoms with Gasteiger partial charge in [0.1, 0.15) is 0 Å². The fourth-order valence-electron chi connectivity index (χ4n) is 1.48. The number of hydrogen-bond donors (Lipinski definition) is 3. The van der Waals surface area contributed by atoms with Crippen molar-refractivity contribution in [2.45, 2.75) is 0 Å². The van der Waals surface area contributed by atoms with Gasteiger partial charge in [-0.25, -0.2) is 0 Å². The second-order valence-electron chi connectivity index (χ2n) is 3.44. The summed E-state index contributed by atoms with van der Waals surface area (Å²) < 4.78 is 0. The van der Waals surface area contributed by atoms with Gasteiger partial charge in [0.15, 0.2) is 0 Å². The second-order valence-corrected chi connectivity index (χ2v) is 3.85. The molecular formula is C11H15ClN2O3. The lowest BCUT2D eigenvalue weighted by Crippen LogP contribution is -2.36. The lowest BCUT2D eigenvalue weighted by molar-refractivity contribution is 0.0686. The van der Waals surface area contributed by atoms with Crippen molar-refractivity contribution in [3.63, 3.8) is 0 Å². The molecule has 0 aliphatic rings. The van der Waals surface area contributed by atoms with E-state index >= 15 is 0 Å². The van der Waals surface area contributed by atoms with Crippen molar-refractivity contribution in [3.05, 3.63) is 28.8 Å². The molecule has 0 atom stereocenters. The number of amides is 1. The van der Waals surface area contributed by atoms with Crippen LogP contribution in [0, 0.1) is 0 Å². The molecule has 0 heterocycles. The number of carbonyl (C=O) groups is 1. The largest absolute Gasteiger partial charge is 0.398 e. The number of anilines is 1. The highest BCUT2D eigenvalue weighted by Gasteiger charge is 2.19. The maximum absolute atomic E-state index is 12.1. The van der Waals surface area contributed by atoms with E-state index < -0.39 is 5.91 Å². The predicted octanol–water partition coefficient (Wildman–Crippen LogP) is 0.349. The van der Waals surface area contributed by atoms with Gasteiger partial charge in [-0.05, 0) is 12.1 Å². The van der Waals surface area contributed by atoms with Crippen molar-refractivity contribution in [1.29, 1.82) is 0 Å². The number of nitrogen functional groups attached to an aromatic ring is 1. The molecule has 0 bridgehead atoms. The van der Waals surface area contributed by atoms with Crippen molar-refractivity contribution in [1.82, 2.24) is 4.90 Å². The molecule has 1 aromatic rings. The number of hydrogen-bond acceptors (Lipinski definition) is 4. The van der Waals surface area contributed by atoms with E-state index in [-0.39, 0.29) is 42.6 Å². The summed E-state index contributed by atoms with van der Waals surface area (Å²) in [6.07, 6.45) is 0. The molecule has 94 valence electrons. The van der Waals surface area contributed by atoms with Gasteiger partial charge in [0.25, 0.3) is 5.91 Å². The maximum atomic E-state index is 12.1. The summed E-state index contributed by atoms with van der Waals surface area (Å²) >= 11 is 5.92. The summed E-state index contributed by atoms with van der Waals surface area (Å²) in [5.41, 5.74) is 6.18. The van der Waals surface area contributed by atoms with Gasteiger partial charge in [0.05, 0.1) is 23.8 Å². The van der Waals surface area contributed by atoms with Gasteiger partial charge in [0, 0.05) is 18.8 Å². The number of benzene rings is 1. The standard InChI is InChI=1S/C11H15ClN2O3/c12-8-2-1-3-9(13)10(8)11(17)14(4-6-15)5-7-16/h1-3,15-16H,4-7,13H2. The third kappa shape index (κ3) is 3.33. The Bertz CT molecular complexity index is 372. The minimum absolute atomic E-state index is 0.129. The van der Waals surface area contributed by atoms with Gasteiger partial charge in [0.2, 0.25) is 0 Å². The Kier molecular flexibility index (Phi) is 5.21. The summed E-state index contributed by atoms with van der Waals surface area (Å²) in [6, 6.07) is 4.80. The van der Waals surface area contributed by atoms with Crippen LogP contribution in [0.15, 0.2) is 18.2 Å². The molecule has 1 rings (SSSR count). The first-order valence-electron chi connectivity index (χ1n) is 5.16. The molecular weight excluding hydrogens is 244 g/mol. The molecule has 1 aromatic carbocycles. The molecule has 17 heavy (non-hydrogen) atoms. The molecule has 4 N–H and O–H groups in total. The Labute approximate surface area is 104 Å². The monoisotopic (exact) mass is 258 g/mol. The quantitative estimate of drug-likeness (QED) is 0.665. The fraction of sp³-hybridized carbons (Fsp3) is 0.364. The van der Waals surface area contributed by atoms with Gasteiger partial charge in [-0.1, -0.05) is 17.7 Å². The summed E-state index contributed by atoms with van der Waals surface area (Å²) in [6.45, 7) is -0.111. The van der Waals surface area contributed by atoms with E-state index in [1.165, 1.54) is 4.90 Å². The minimum Gasteiger partial charge on any atom is -0.398 e. The van der Waals surface area contributed by atoms with Crippen molar-refractivity contribution in [2.24, 2.45) is 0 Å². The van der Waals surface area contributed by atoms with Crippen LogP contribution in [0.1, 0.15) is 10.4 Å². The Morgan fingerprint density at radius 3 is 2.35 bits per heavy atom. The van der Waals surface area contributed by atoms with E-state index in [2.05, 4.69) is 0 Å². The molecule has 5 nitrogen and oxygen atoms in total. The average molecular weight is 259 g/mol. The Morgan fingerprint density at radius 1 is 1.29 bits per heavy atom.